The fourth-order valence-corrected chi connectivity index (χ4v) is 4.54. The number of urea groups is 1. The molecular weight excluding hydrogens is 444 g/mol. The molecule has 1 saturated heterocycles. The van der Waals surface area contributed by atoms with Gasteiger partial charge >= 0.3 is 6.03 Å². The van der Waals surface area contributed by atoms with Crippen molar-refractivity contribution in [1.29, 1.82) is 0 Å². The lowest BCUT2D eigenvalue weighted by molar-refractivity contribution is 0.0365. The molecule has 1 aliphatic rings. The Balaban J connectivity index is 1.56. The zero-order valence-electron chi connectivity index (χ0n) is 20.7. The quantitative estimate of drug-likeness (QED) is 0.513. The average molecular weight is 479 g/mol. The highest BCUT2D eigenvalue weighted by Gasteiger charge is 2.19. The smallest absolute Gasteiger partial charge is 0.322 e. The van der Waals surface area contributed by atoms with Gasteiger partial charge in [-0.1, -0.05) is 18.2 Å². The van der Waals surface area contributed by atoms with E-state index in [0.29, 0.717) is 23.5 Å². The molecule has 1 fully saturated rings. The molecule has 0 spiro atoms. The van der Waals surface area contributed by atoms with Crippen LogP contribution in [-0.2, 0) is 11.3 Å². The van der Waals surface area contributed by atoms with Crippen molar-refractivity contribution in [3.8, 4) is 5.75 Å². The molecule has 2 amide bonds. The summed E-state index contributed by atoms with van der Waals surface area (Å²) in [5, 5.41) is 3.95. The predicted octanol–water partition coefficient (Wildman–Crippen LogP) is 3.91. The number of hydrogen-bond donors (Lipinski definition) is 2. The van der Waals surface area contributed by atoms with E-state index in [1.165, 1.54) is 0 Å². The van der Waals surface area contributed by atoms with Crippen LogP contribution in [-0.4, -0.2) is 67.3 Å². The Labute approximate surface area is 205 Å². The van der Waals surface area contributed by atoms with Gasteiger partial charge in [-0.3, -0.25) is 9.69 Å². The number of H-pyrrole nitrogens is 1. The first-order chi connectivity index (χ1) is 16.9. The molecule has 8 nitrogen and oxygen atoms in total. The lowest BCUT2D eigenvalue weighted by atomic mass is 10.0. The topological polar surface area (TPSA) is 86.9 Å². The SMILES string of the molecule is COc1ccccc1NC(=O)N(CCCN1CCOCC1)Cc1cc2c(C)cc(C)cc2[nH]c1=O. The number of aromatic nitrogens is 1. The summed E-state index contributed by atoms with van der Waals surface area (Å²) in [6, 6.07) is 13.0. The summed E-state index contributed by atoms with van der Waals surface area (Å²) < 4.78 is 10.8. The zero-order valence-corrected chi connectivity index (χ0v) is 20.7. The van der Waals surface area contributed by atoms with Gasteiger partial charge in [0.25, 0.3) is 5.56 Å². The number of aryl methyl sites for hydroxylation is 2. The highest BCUT2D eigenvalue weighted by molar-refractivity contribution is 5.91. The maximum absolute atomic E-state index is 13.4. The maximum atomic E-state index is 13.4. The molecule has 186 valence electrons. The van der Waals surface area contributed by atoms with E-state index in [2.05, 4.69) is 21.3 Å². The Morgan fingerprint density at radius 2 is 1.94 bits per heavy atom. The van der Waals surface area contributed by atoms with Crippen molar-refractivity contribution >= 4 is 22.6 Å². The first kappa shape index (κ1) is 24.8. The van der Waals surface area contributed by atoms with Crippen LogP contribution < -0.4 is 15.6 Å². The number of anilines is 1. The van der Waals surface area contributed by atoms with Crippen LogP contribution in [0.2, 0.25) is 0 Å². The molecule has 0 bridgehead atoms. The molecule has 0 aliphatic carbocycles. The summed E-state index contributed by atoms with van der Waals surface area (Å²) in [5.74, 6) is 0.587. The normalized spacial score (nSPS) is 14.1. The number of methoxy groups -OCH3 is 1. The molecule has 4 rings (SSSR count). The minimum Gasteiger partial charge on any atom is -0.495 e. The van der Waals surface area contributed by atoms with Gasteiger partial charge < -0.3 is 24.7 Å². The lowest BCUT2D eigenvalue weighted by Crippen LogP contribution is -2.40. The number of fused-ring (bicyclic) bond motifs is 1. The molecule has 0 radical (unpaired) electrons. The molecule has 1 aliphatic heterocycles. The first-order valence-electron chi connectivity index (χ1n) is 12.1. The summed E-state index contributed by atoms with van der Waals surface area (Å²) in [6.45, 7) is 8.92. The van der Waals surface area contributed by atoms with Crippen LogP contribution in [0.15, 0.2) is 47.3 Å². The van der Waals surface area contributed by atoms with Gasteiger partial charge in [-0.05, 0) is 55.7 Å². The number of ether oxygens (including phenoxy) is 2. The van der Waals surface area contributed by atoms with Gasteiger partial charge in [-0.15, -0.1) is 0 Å². The number of benzene rings is 2. The highest BCUT2D eigenvalue weighted by Crippen LogP contribution is 2.24. The fraction of sp³-hybridized carbons (Fsp3) is 0.407. The number of morpholine rings is 1. The van der Waals surface area contributed by atoms with Crippen LogP contribution in [0.1, 0.15) is 23.1 Å². The van der Waals surface area contributed by atoms with E-state index in [9.17, 15) is 9.59 Å². The van der Waals surface area contributed by atoms with Crippen LogP contribution in [0.3, 0.4) is 0 Å². The van der Waals surface area contributed by atoms with E-state index < -0.39 is 0 Å². The molecule has 0 saturated carbocycles. The standard InChI is InChI=1S/C27H34N4O4/c1-19-15-20(2)22-17-21(26(32)28-24(22)16-19)18-31(10-6-9-30-11-13-35-14-12-30)27(33)29-23-7-4-5-8-25(23)34-3/h4-5,7-8,15-17H,6,9-14,18H2,1-3H3,(H,28,32)(H,29,33). The Kier molecular flexibility index (Phi) is 8.05. The molecule has 0 unspecified atom stereocenters. The number of pyridine rings is 1. The second-order valence-corrected chi connectivity index (χ2v) is 9.03. The van der Waals surface area contributed by atoms with E-state index in [4.69, 9.17) is 9.47 Å². The highest BCUT2D eigenvalue weighted by atomic mass is 16.5. The summed E-state index contributed by atoms with van der Waals surface area (Å²) in [7, 11) is 1.57. The van der Waals surface area contributed by atoms with E-state index >= 15 is 0 Å². The van der Waals surface area contributed by atoms with Crippen molar-refractivity contribution in [2.24, 2.45) is 0 Å². The van der Waals surface area contributed by atoms with Gasteiger partial charge in [0.1, 0.15) is 5.75 Å². The van der Waals surface area contributed by atoms with Crippen LogP contribution in [0.5, 0.6) is 5.75 Å². The molecule has 8 heteroatoms. The van der Waals surface area contributed by atoms with Crippen LogP contribution in [0.25, 0.3) is 10.9 Å². The van der Waals surface area contributed by atoms with Gasteiger partial charge in [0.2, 0.25) is 0 Å². The number of para-hydroxylation sites is 2. The van der Waals surface area contributed by atoms with Crippen LogP contribution in [0.4, 0.5) is 10.5 Å². The van der Waals surface area contributed by atoms with Crippen molar-refractivity contribution in [2.75, 3.05) is 51.8 Å². The maximum Gasteiger partial charge on any atom is 0.322 e. The minimum absolute atomic E-state index is 0.175. The van der Waals surface area contributed by atoms with Gasteiger partial charge in [0, 0.05) is 42.6 Å². The van der Waals surface area contributed by atoms with E-state index in [-0.39, 0.29) is 18.1 Å². The Bertz CT molecular complexity index is 1230. The van der Waals surface area contributed by atoms with Crippen molar-refractivity contribution < 1.29 is 14.3 Å². The predicted molar refractivity (Wildman–Crippen MR) is 138 cm³/mol. The van der Waals surface area contributed by atoms with Crippen LogP contribution in [0, 0.1) is 13.8 Å². The molecule has 3 aromatic rings. The Morgan fingerprint density at radius 1 is 1.17 bits per heavy atom. The Morgan fingerprint density at radius 3 is 2.71 bits per heavy atom. The summed E-state index contributed by atoms with van der Waals surface area (Å²) >= 11 is 0. The third-order valence-corrected chi connectivity index (χ3v) is 6.39. The lowest BCUT2D eigenvalue weighted by Gasteiger charge is -2.28. The second-order valence-electron chi connectivity index (χ2n) is 9.03. The van der Waals surface area contributed by atoms with Crippen molar-refractivity contribution in [3.63, 3.8) is 0 Å². The number of nitrogens with one attached hydrogen (secondary N) is 2. The third kappa shape index (κ3) is 6.21. The Hall–Kier alpha value is -3.36. The number of hydrogen-bond acceptors (Lipinski definition) is 5. The zero-order chi connectivity index (χ0) is 24.8. The summed E-state index contributed by atoms with van der Waals surface area (Å²) in [4.78, 5) is 33.4. The monoisotopic (exact) mass is 478 g/mol. The van der Waals surface area contributed by atoms with E-state index in [1.807, 2.05) is 38.1 Å². The number of rotatable bonds is 8. The number of nitrogens with zero attached hydrogens (tertiary/aromatic N) is 2. The molecule has 2 heterocycles. The average Bonchev–Trinajstić information content (AvgIpc) is 2.85. The number of carbonyl (C=O) groups excluding carboxylic acids is 1. The molecule has 35 heavy (non-hydrogen) atoms. The van der Waals surface area contributed by atoms with Crippen LogP contribution >= 0.6 is 0 Å². The third-order valence-electron chi connectivity index (χ3n) is 6.39. The van der Waals surface area contributed by atoms with Gasteiger partial charge in [0.05, 0.1) is 32.6 Å². The van der Waals surface area contributed by atoms with Crippen molar-refractivity contribution in [1.82, 2.24) is 14.8 Å². The van der Waals surface area contributed by atoms with Crippen molar-refractivity contribution in [2.45, 2.75) is 26.8 Å². The van der Waals surface area contributed by atoms with Gasteiger partial charge in [0.15, 0.2) is 0 Å². The molecular formula is C27H34N4O4. The van der Waals surface area contributed by atoms with Crippen molar-refractivity contribution in [3.05, 3.63) is 69.5 Å². The molecule has 0 atom stereocenters. The van der Waals surface area contributed by atoms with Gasteiger partial charge in [-0.25, -0.2) is 4.79 Å². The number of aromatic amines is 1. The summed E-state index contributed by atoms with van der Waals surface area (Å²) in [6.07, 6.45) is 0.795. The number of amides is 2. The fourth-order valence-electron chi connectivity index (χ4n) is 4.54. The minimum atomic E-state index is -0.267. The molecule has 1 aromatic heterocycles. The number of carbonyl (C=O) groups is 1. The largest absolute Gasteiger partial charge is 0.495 e. The molecule has 2 aromatic carbocycles. The molecule has 2 N–H and O–H groups in total. The van der Waals surface area contributed by atoms with E-state index in [1.54, 1.807) is 24.1 Å². The second kappa shape index (κ2) is 11.4. The van der Waals surface area contributed by atoms with Gasteiger partial charge in [-0.2, -0.15) is 0 Å². The summed E-state index contributed by atoms with van der Waals surface area (Å²) in [5.41, 5.74) is 3.98. The van der Waals surface area contributed by atoms with E-state index in [0.717, 1.165) is 61.3 Å². The first-order valence-corrected chi connectivity index (χ1v) is 12.1.